The van der Waals surface area contributed by atoms with E-state index in [1.807, 2.05) is 0 Å². The Kier molecular flexibility index (Phi) is 5.53. The molecule has 0 aromatic heterocycles. The Balaban J connectivity index is 1.56. The Morgan fingerprint density at radius 1 is 1.24 bits per heavy atom. The molecule has 0 aliphatic heterocycles. The van der Waals surface area contributed by atoms with E-state index in [0.29, 0.717) is 0 Å². The lowest BCUT2D eigenvalue weighted by molar-refractivity contribution is 0.470. The molecule has 0 saturated heterocycles. The van der Waals surface area contributed by atoms with Crippen LogP contribution < -0.4 is 5.32 Å². The zero-order chi connectivity index (χ0) is 11.9. The Bertz CT molecular complexity index is 331. The van der Waals surface area contributed by atoms with E-state index in [9.17, 15) is 0 Å². The fourth-order valence-corrected chi connectivity index (χ4v) is 3.14. The van der Waals surface area contributed by atoms with Gasteiger partial charge in [-0.05, 0) is 43.0 Å². The molecule has 0 radical (unpaired) electrons. The number of hydrogen-bond acceptors (Lipinski definition) is 1. The first-order valence-corrected chi connectivity index (χ1v) is 7.59. The first-order chi connectivity index (χ1) is 8.34. The van der Waals surface area contributed by atoms with Crippen LogP contribution in [0.5, 0.6) is 0 Å². The summed E-state index contributed by atoms with van der Waals surface area (Å²) >= 11 is 3.50. The average Bonchev–Trinajstić information content (AvgIpc) is 2.82. The van der Waals surface area contributed by atoms with Crippen molar-refractivity contribution in [1.82, 2.24) is 5.32 Å². The first kappa shape index (κ1) is 13.1. The van der Waals surface area contributed by atoms with Gasteiger partial charge in [-0.15, -0.1) is 0 Å². The van der Waals surface area contributed by atoms with Crippen LogP contribution in [0.4, 0.5) is 0 Å². The minimum atomic E-state index is 0.990. The van der Waals surface area contributed by atoms with Gasteiger partial charge in [-0.1, -0.05) is 53.7 Å². The fourth-order valence-electron chi connectivity index (χ4n) is 2.69. The molecule has 1 saturated carbocycles. The molecule has 0 spiro atoms. The van der Waals surface area contributed by atoms with Crippen molar-refractivity contribution in [2.24, 2.45) is 5.92 Å². The van der Waals surface area contributed by atoms with Gasteiger partial charge in [0.05, 0.1) is 0 Å². The highest BCUT2D eigenvalue weighted by Gasteiger charge is 2.13. The van der Waals surface area contributed by atoms with Crippen molar-refractivity contribution in [3.05, 3.63) is 34.3 Å². The van der Waals surface area contributed by atoms with E-state index in [1.54, 1.807) is 0 Å². The molecule has 0 unspecified atom stereocenters. The average molecular weight is 296 g/mol. The maximum Gasteiger partial charge on any atom is 0.0205 e. The second kappa shape index (κ2) is 7.17. The van der Waals surface area contributed by atoms with Crippen LogP contribution in [0.15, 0.2) is 28.7 Å². The maximum absolute atomic E-state index is 3.53. The topological polar surface area (TPSA) is 12.0 Å². The van der Waals surface area contributed by atoms with E-state index < -0.39 is 0 Å². The summed E-state index contributed by atoms with van der Waals surface area (Å²) in [7, 11) is 0. The first-order valence-electron chi connectivity index (χ1n) is 6.80. The molecule has 1 fully saturated rings. The van der Waals surface area contributed by atoms with Gasteiger partial charge in [0.2, 0.25) is 0 Å². The Morgan fingerprint density at radius 3 is 2.82 bits per heavy atom. The quantitative estimate of drug-likeness (QED) is 0.762. The van der Waals surface area contributed by atoms with Crippen molar-refractivity contribution < 1.29 is 0 Å². The summed E-state index contributed by atoms with van der Waals surface area (Å²) in [6.45, 7) is 2.15. The van der Waals surface area contributed by atoms with Gasteiger partial charge in [0.1, 0.15) is 0 Å². The van der Waals surface area contributed by atoms with Crippen LogP contribution >= 0.6 is 15.9 Å². The molecule has 1 aliphatic carbocycles. The zero-order valence-corrected chi connectivity index (χ0v) is 12.0. The molecule has 17 heavy (non-hydrogen) atoms. The third-order valence-electron chi connectivity index (χ3n) is 3.66. The monoisotopic (exact) mass is 295 g/mol. The highest BCUT2D eigenvalue weighted by Crippen LogP contribution is 2.28. The molecule has 0 bridgehead atoms. The molecule has 1 aromatic carbocycles. The number of nitrogens with one attached hydrogen (secondary N) is 1. The Morgan fingerprint density at radius 2 is 2.06 bits per heavy atom. The SMILES string of the molecule is Brc1cccc(CNCCCC2CCCC2)c1. The predicted octanol–water partition coefficient (Wildman–Crippen LogP) is 4.51. The van der Waals surface area contributed by atoms with Crippen molar-refractivity contribution >= 4 is 15.9 Å². The molecule has 1 N–H and O–H groups in total. The fraction of sp³-hybridized carbons (Fsp3) is 0.600. The molecule has 2 rings (SSSR count). The van der Waals surface area contributed by atoms with Gasteiger partial charge in [0.15, 0.2) is 0 Å². The van der Waals surface area contributed by atoms with Crippen LogP contribution in [-0.4, -0.2) is 6.54 Å². The van der Waals surface area contributed by atoms with Gasteiger partial charge < -0.3 is 5.32 Å². The molecule has 94 valence electrons. The summed E-state index contributed by atoms with van der Waals surface area (Å²) < 4.78 is 1.17. The van der Waals surface area contributed by atoms with Crippen LogP contribution in [0.2, 0.25) is 0 Å². The lowest BCUT2D eigenvalue weighted by Gasteiger charge is -2.09. The number of halogens is 1. The standard InChI is InChI=1S/C15H22BrN/c16-15-9-3-7-14(11-15)12-17-10-4-8-13-5-1-2-6-13/h3,7,9,11,13,17H,1-2,4-6,8,10,12H2. The van der Waals surface area contributed by atoms with Crippen LogP contribution in [0.25, 0.3) is 0 Å². The molecule has 1 nitrogen and oxygen atoms in total. The second-order valence-corrected chi connectivity index (χ2v) is 6.02. The third kappa shape index (κ3) is 4.81. The number of hydrogen-bond donors (Lipinski definition) is 1. The number of rotatable bonds is 6. The third-order valence-corrected chi connectivity index (χ3v) is 4.15. The molecule has 0 atom stereocenters. The highest BCUT2D eigenvalue weighted by atomic mass is 79.9. The summed E-state index contributed by atoms with van der Waals surface area (Å²) in [6, 6.07) is 8.53. The van der Waals surface area contributed by atoms with E-state index in [2.05, 4.69) is 45.5 Å². The largest absolute Gasteiger partial charge is 0.313 e. The van der Waals surface area contributed by atoms with Crippen LogP contribution in [-0.2, 0) is 6.54 Å². The minimum Gasteiger partial charge on any atom is -0.313 e. The van der Waals surface area contributed by atoms with Crippen molar-refractivity contribution in [1.29, 1.82) is 0 Å². The lowest BCUT2D eigenvalue weighted by atomic mass is 10.0. The van der Waals surface area contributed by atoms with E-state index in [-0.39, 0.29) is 0 Å². The molecule has 2 heteroatoms. The lowest BCUT2D eigenvalue weighted by Crippen LogP contribution is -2.15. The molecule has 1 aliphatic rings. The summed E-state index contributed by atoms with van der Waals surface area (Å²) in [5.74, 6) is 1.03. The van der Waals surface area contributed by atoms with Gasteiger partial charge in [0, 0.05) is 11.0 Å². The molecular weight excluding hydrogens is 274 g/mol. The number of benzene rings is 1. The smallest absolute Gasteiger partial charge is 0.0205 e. The Labute approximate surface area is 113 Å². The maximum atomic E-state index is 3.53. The van der Waals surface area contributed by atoms with E-state index in [1.165, 1.54) is 48.6 Å². The van der Waals surface area contributed by atoms with E-state index in [0.717, 1.165) is 19.0 Å². The second-order valence-electron chi connectivity index (χ2n) is 5.10. The van der Waals surface area contributed by atoms with Gasteiger partial charge >= 0.3 is 0 Å². The molecular formula is C15H22BrN. The van der Waals surface area contributed by atoms with E-state index >= 15 is 0 Å². The van der Waals surface area contributed by atoms with E-state index in [4.69, 9.17) is 0 Å². The van der Waals surface area contributed by atoms with Gasteiger partial charge in [-0.2, -0.15) is 0 Å². The van der Waals surface area contributed by atoms with Gasteiger partial charge in [-0.3, -0.25) is 0 Å². The highest BCUT2D eigenvalue weighted by molar-refractivity contribution is 9.10. The predicted molar refractivity (Wildman–Crippen MR) is 77.0 cm³/mol. The summed E-state index contributed by atoms with van der Waals surface area (Å²) in [5.41, 5.74) is 1.36. The normalized spacial score (nSPS) is 16.5. The summed E-state index contributed by atoms with van der Waals surface area (Å²) in [4.78, 5) is 0. The summed E-state index contributed by atoms with van der Waals surface area (Å²) in [6.07, 6.45) is 8.65. The van der Waals surface area contributed by atoms with Gasteiger partial charge in [0.25, 0.3) is 0 Å². The minimum absolute atomic E-state index is 0.990. The zero-order valence-electron chi connectivity index (χ0n) is 10.4. The Hall–Kier alpha value is -0.340. The van der Waals surface area contributed by atoms with Crippen LogP contribution in [0, 0.1) is 5.92 Å². The van der Waals surface area contributed by atoms with Crippen molar-refractivity contribution in [3.63, 3.8) is 0 Å². The van der Waals surface area contributed by atoms with Crippen molar-refractivity contribution in [2.75, 3.05) is 6.54 Å². The van der Waals surface area contributed by atoms with Crippen LogP contribution in [0.3, 0.4) is 0 Å². The van der Waals surface area contributed by atoms with Crippen molar-refractivity contribution in [2.45, 2.75) is 45.1 Å². The molecule has 0 heterocycles. The molecule has 1 aromatic rings. The molecule has 0 amide bonds. The van der Waals surface area contributed by atoms with Gasteiger partial charge in [-0.25, -0.2) is 0 Å². The van der Waals surface area contributed by atoms with Crippen LogP contribution in [0.1, 0.15) is 44.1 Å². The summed E-state index contributed by atoms with van der Waals surface area (Å²) in [5, 5.41) is 3.53. The van der Waals surface area contributed by atoms with Crippen molar-refractivity contribution in [3.8, 4) is 0 Å².